The topological polar surface area (TPSA) is 65.2 Å². The maximum atomic E-state index is 13.8. The van der Waals surface area contributed by atoms with Crippen molar-refractivity contribution in [2.45, 2.75) is 6.18 Å². The number of nitrogens with zero attached hydrogens (tertiary/aromatic N) is 1. The molecule has 3 heterocycles. The van der Waals surface area contributed by atoms with Crippen molar-refractivity contribution in [3.8, 4) is 16.3 Å². The van der Waals surface area contributed by atoms with E-state index in [1.807, 2.05) is 0 Å². The zero-order valence-corrected chi connectivity index (χ0v) is 16.5. The number of thiophene rings is 2. The largest absolute Gasteiger partial charge is 0.497 e. The number of alkyl halides is 3. The summed E-state index contributed by atoms with van der Waals surface area (Å²) in [6, 6.07) is 10.8. The van der Waals surface area contributed by atoms with Crippen molar-refractivity contribution in [1.29, 1.82) is 0 Å². The predicted octanol–water partition coefficient (Wildman–Crippen LogP) is 5.87. The molecule has 9 heteroatoms. The van der Waals surface area contributed by atoms with E-state index in [4.69, 9.17) is 10.5 Å². The third-order valence-electron chi connectivity index (χ3n) is 4.32. The van der Waals surface area contributed by atoms with E-state index < -0.39 is 17.5 Å². The minimum atomic E-state index is -4.64. The van der Waals surface area contributed by atoms with E-state index in [1.54, 1.807) is 35.7 Å². The number of halogens is 3. The van der Waals surface area contributed by atoms with Crippen LogP contribution in [0.1, 0.15) is 20.8 Å². The molecule has 0 saturated carbocycles. The molecule has 4 aromatic rings. The molecule has 0 aliphatic carbocycles. The summed E-state index contributed by atoms with van der Waals surface area (Å²) >= 11 is 2.15. The molecule has 0 aliphatic heterocycles. The maximum Gasteiger partial charge on any atom is 0.417 e. The van der Waals surface area contributed by atoms with Crippen LogP contribution in [0.25, 0.3) is 20.8 Å². The molecule has 0 aliphatic rings. The van der Waals surface area contributed by atoms with Gasteiger partial charge in [0.15, 0.2) is 0 Å². The first-order chi connectivity index (χ1) is 13.8. The normalized spacial score (nSPS) is 11.7. The summed E-state index contributed by atoms with van der Waals surface area (Å²) in [6.45, 7) is 0. The Morgan fingerprint density at radius 2 is 1.97 bits per heavy atom. The van der Waals surface area contributed by atoms with Crippen molar-refractivity contribution in [1.82, 2.24) is 4.98 Å². The van der Waals surface area contributed by atoms with Crippen molar-refractivity contribution in [3.63, 3.8) is 0 Å². The molecule has 29 heavy (non-hydrogen) atoms. The Balaban J connectivity index is 1.93. The van der Waals surface area contributed by atoms with Crippen LogP contribution in [0.15, 0.2) is 47.8 Å². The van der Waals surface area contributed by atoms with Crippen LogP contribution in [0.5, 0.6) is 5.75 Å². The van der Waals surface area contributed by atoms with Crippen LogP contribution in [0, 0.1) is 0 Å². The second-order valence-electron chi connectivity index (χ2n) is 6.12. The van der Waals surface area contributed by atoms with Gasteiger partial charge < -0.3 is 10.5 Å². The van der Waals surface area contributed by atoms with Crippen LogP contribution in [-0.4, -0.2) is 17.9 Å². The molecular weight excluding hydrogens is 421 g/mol. The zero-order chi connectivity index (χ0) is 20.8. The van der Waals surface area contributed by atoms with E-state index in [9.17, 15) is 18.0 Å². The maximum absolute atomic E-state index is 13.8. The number of nitrogens with two attached hydrogens (primary N) is 1. The Hall–Kier alpha value is -2.91. The number of anilines is 1. The molecule has 0 saturated heterocycles. The first-order valence-corrected chi connectivity index (χ1v) is 10.0. The lowest BCUT2D eigenvalue weighted by molar-refractivity contribution is -0.136. The standard InChI is InChI=1S/C20H13F3N2O2S2/c1-27-11-5-2-4-10(8-11)17(26)18-16(24)15-12(20(21,22)23)9-13(25-19(15)29-18)14-6-3-7-28-14/h2-9H,24H2,1H3. The van der Waals surface area contributed by atoms with Gasteiger partial charge in [-0.25, -0.2) is 4.98 Å². The summed E-state index contributed by atoms with van der Waals surface area (Å²) in [5.41, 5.74) is 5.39. The number of rotatable bonds is 4. The van der Waals surface area contributed by atoms with Crippen LogP contribution in [0.4, 0.5) is 18.9 Å². The highest BCUT2D eigenvalue weighted by molar-refractivity contribution is 7.21. The number of carbonyl (C=O) groups excluding carboxylic acids is 1. The molecule has 0 unspecified atom stereocenters. The molecule has 0 fully saturated rings. The fourth-order valence-electron chi connectivity index (χ4n) is 2.96. The van der Waals surface area contributed by atoms with E-state index in [0.29, 0.717) is 10.6 Å². The SMILES string of the molecule is COc1cccc(C(=O)c2sc3nc(-c4cccs4)cc(C(F)(F)F)c3c2N)c1. The average Bonchev–Trinajstić information content (AvgIpc) is 3.34. The van der Waals surface area contributed by atoms with Crippen LogP contribution in [-0.2, 0) is 6.18 Å². The number of ketones is 1. The highest BCUT2D eigenvalue weighted by Gasteiger charge is 2.36. The zero-order valence-electron chi connectivity index (χ0n) is 14.9. The minimum absolute atomic E-state index is 0.0228. The fraction of sp³-hybridized carbons (Fsp3) is 0.100. The van der Waals surface area contributed by atoms with E-state index in [1.165, 1.54) is 24.5 Å². The Bertz CT molecular complexity index is 1210. The summed E-state index contributed by atoms with van der Waals surface area (Å²) in [4.78, 5) is 18.0. The summed E-state index contributed by atoms with van der Waals surface area (Å²) < 4.78 is 46.4. The average molecular weight is 434 g/mol. The van der Waals surface area contributed by atoms with Gasteiger partial charge in [-0.3, -0.25) is 4.79 Å². The minimum Gasteiger partial charge on any atom is -0.497 e. The van der Waals surface area contributed by atoms with E-state index in [0.717, 1.165) is 17.4 Å². The van der Waals surface area contributed by atoms with Gasteiger partial charge in [0.1, 0.15) is 15.5 Å². The Morgan fingerprint density at radius 1 is 1.17 bits per heavy atom. The highest BCUT2D eigenvalue weighted by atomic mass is 32.1. The Labute approximate surface area is 171 Å². The predicted molar refractivity (Wildman–Crippen MR) is 109 cm³/mol. The molecule has 148 valence electrons. The lowest BCUT2D eigenvalue weighted by atomic mass is 10.1. The van der Waals surface area contributed by atoms with E-state index in [-0.39, 0.29) is 32.0 Å². The number of ether oxygens (including phenoxy) is 1. The van der Waals surface area contributed by atoms with Gasteiger partial charge in [-0.15, -0.1) is 22.7 Å². The lowest BCUT2D eigenvalue weighted by Gasteiger charge is -2.10. The molecule has 4 nitrogen and oxygen atoms in total. The number of hydrogen-bond acceptors (Lipinski definition) is 6. The van der Waals surface area contributed by atoms with Gasteiger partial charge in [0.25, 0.3) is 0 Å². The van der Waals surface area contributed by atoms with Crippen molar-refractivity contribution in [2.75, 3.05) is 12.8 Å². The number of methoxy groups -OCH3 is 1. The van der Waals surface area contributed by atoms with Crippen molar-refractivity contribution >= 4 is 44.4 Å². The summed E-state index contributed by atoms with van der Waals surface area (Å²) in [5.74, 6) is -0.0141. The van der Waals surface area contributed by atoms with Crippen LogP contribution < -0.4 is 10.5 Å². The summed E-state index contributed by atoms with van der Waals surface area (Å²) in [7, 11) is 1.46. The number of carbonyl (C=O) groups is 1. The second-order valence-corrected chi connectivity index (χ2v) is 8.06. The van der Waals surface area contributed by atoms with Crippen LogP contribution in [0.3, 0.4) is 0 Å². The molecular formula is C20H13F3N2O2S2. The van der Waals surface area contributed by atoms with Gasteiger partial charge >= 0.3 is 6.18 Å². The smallest absolute Gasteiger partial charge is 0.417 e. The number of hydrogen-bond donors (Lipinski definition) is 1. The Kier molecular flexibility index (Phi) is 4.79. The van der Waals surface area contributed by atoms with Crippen LogP contribution in [0.2, 0.25) is 0 Å². The van der Waals surface area contributed by atoms with E-state index in [2.05, 4.69) is 4.98 Å². The molecule has 0 amide bonds. The highest BCUT2D eigenvalue weighted by Crippen LogP contribution is 2.44. The third kappa shape index (κ3) is 3.47. The molecule has 2 N–H and O–H groups in total. The number of nitrogen functional groups attached to an aromatic ring is 1. The van der Waals surface area contributed by atoms with E-state index >= 15 is 0 Å². The van der Waals surface area contributed by atoms with Crippen molar-refractivity contribution < 1.29 is 22.7 Å². The molecule has 3 aromatic heterocycles. The van der Waals surface area contributed by atoms with Crippen LogP contribution >= 0.6 is 22.7 Å². The fourth-order valence-corrected chi connectivity index (χ4v) is 4.73. The summed E-state index contributed by atoms with van der Waals surface area (Å²) in [6.07, 6.45) is -4.64. The number of aromatic nitrogens is 1. The van der Waals surface area contributed by atoms with Gasteiger partial charge in [-0.05, 0) is 29.6 Å². The molecule has 1 aromatic carbocycles. The molecule has 0 bridgehead atoms. The molecule has 4 rings (SSSR count). The first kappa shape index (κ1) is 19.4. The summed E-state index contributed by atoms with van der Waals surface area (Å²) in [5, 5.41) is 1.52. The van der Waals surface area contributed by atoms with Gasteiger partial charge in [-0.1, -0.05) is 18.2 Å². The van der Waals surface area contributed by atoms with Gasteiger partial charge in [0.2, 0.25) is 5.78 Å². The Morgan fingerprint density at radius 3 is 2.62 bits per heavy atom. The monoisotopic (exact) mass is 434 g/mol. The molecule has 0 atom stereocenters. The molecule has 0 spiro atoms. The quantitative estimate of drug-likeness (QED) is 0.408. The first-order valence-electron chi connectivity index (χ1n) is 8.32. The van der Waals surface area contributed by atoms with Crippen molar-refractivity contribution in [3.05, 3.63) is 63.8 Å². The number of fused-ring (bicyclic) bond motifs is 1. The lowest BCUT2D eigenvalue weighted by Crippen LogP contribution is -2.08. The molecule has 0 radical (unpaired) electrons. The second kappa shape index (κ2) is 7.16. The third-order valence-corrected chi connectivity index (χ3v) is 6.31. The number of pyridine rings is 1. The number of benzene rings is 1. The van der Waals surface area contributed by atoms with Gasteiger partial charge in [-0.2, -0.15) is 13.2 Å². The van der Waals surface area contributed by atoms with Gasteiger partial charge in [0.05, 0.1) is 28.9 Å². The van der Waals surface area contributed by atoms with Gasteiger partial charge in [0, 0.05) is 10.9 Å². The van der Waals surface area contributed by atoms with Crippen molar-refractivity contribution in [2.24, 2.45) is 0 Å².